The van der Waals surface area contributed by atoms with Crippen LogP contribution in [-0.4, -0.2) is 0 Å². The lowest BCUT2D eigenvalue weighted by atomic mass is 9.84. The molecule has 0 fully saturated rings. The monoisotopic (exact) mass is 1460 g/mol. The van der Waals surface area contributed by atoms with Crippen LogP contribution in [0, 0.1) is 115 Å². The van der Waals surface area contributed by atoms with E-state index in [1.54, 1.807) is 172 Å². The molecule has 0 saturated carbocycles. The number of aromatic nitrogens is 4. The molecule has 4 aromatic heterocycles. The van der Waals surface area contributed by atoms with E-state index in [-0.39, 0.29) is 44.5 Å². The van der Waals surface area contributed by atoms with Crippen molar-refractivity contribution in [1.29, 1.82) is 0 Å². The highest BCUT2D eigenvalue weighted by molar-refractivity contribution is 5.83. The highest BCUT2D eigenvalue weighted by Crippen LogP contribution is 2.40. The van der Waals surface area contributed by atoms with Gasteiger partial charge in [-0.15, -0.1) is 0 Å². The van der Waals surface area contributed by atoms with Crippen molar-refractivity contribution >= 4 is 0 Å². The summed E-state index contributed by atoms with van der Waals surface area (Å²) in [6.07, 6.45) is 4.65. The fraction of sp³-hybridized carbons (Fsp3) is 0.238. The molecule has 0 radical (unpaired) electrons. The van der Waals surface area contributed by atoms with E-state index in [4.69, 9.17) is 43.9 Å². The molecule has 14 rings (SSSR count). The molecule has 550 valence electrons. The number of aryl methyl sites for hydroxylation is 20. The van der Waals surface area contributed by atoms with Gasteiger partial charge in [-0.2, -0.15) is 0 Å². The van der Waals surface area contributed by atoms with Crippen molar-refractivity contribution in [3.63, 3.8) is 0 Å². The topological polar surface area (TPSA) is 15.5 Å². The Labute approximate surface area is 698 Å². The van der Waals surface area contributed by atoms with Crippen molar-refractivity contribution in [3.05, 3.63) is 356 Å². The van der Waals surface area contributed by atoms with Gasteiger partial charge in [-0.25, -0.2) is 18.3 Å². The van der Waals surface area contributed by atoms with Gasteiger partial charge in [0.1, 0.15) is 28.2 Å². The van der Waals surface area contributed by atoms with Crippen molar-refractivity contribution in [2.24, 2.45) is 33.6 Å². The van der Waals surface area contributed by atoms with E-state index in [1.165, 1.54) is 18.3 Å². The minimum Gasteiger partial charge on any atom is -0.201 e. The van der Waals surface area contributed by atoms with Crippen LogP contribution < -0.4 is 18.3 Å². The van der Waals surface area contributed by atoms with E-state index in [0.717, 1.165) is 44.6 Å². The molecule has 0 amide bonds. The molecule has 0 unspecified atom stereocenters. The Morgan fingerprint density at radius 3 is 0.972 bits per heavy atom. The van der Waals surface area contributed by atoms with Gasteiger partial charge in [-0.3, -0.25) is 0 Å². The van der Waals surface area contributed by atoms with Gasteiger partial charge >= 0.3 is 0 Å². The summed E-state index contributed by atoms with van der Waals surface area (Å²) in [6, 6.07) is 68.5. The zero-order valence-corrected chi connectivity index (χ0v) is 64.1. The van der Waals surface area contributed by atoms with Gasteiger partial charge in [-0.1, -0.05) is 209 Å². The Bertz CT molecular complexity index is 6980. The molecule has 4 heterocycles. The van der Waals surface area contributed by atoms with Crippen molar-refractivity contribution in [1.82, 2.24) is 0 Å². The molecular formula is C105H114N4+4. The lowest BCUT2D eigenvalue weighted by Crippen LogP contribution is -2.32. The fourth-order valence-electron chi connectivity index (χ4n) is 13.7. The number of nitrogens with zero attached hydrogens (tertiary/aromatic N) is 4. The third-order valence-corrected chi connectivity index (χ3v) is 19.5. The summed E-state index contributed by atoms with van der Waals surface area (Å²) >= 11 is 0. The first-order valence-corrected chi connectivity index (χ1v) is 36.0. The summed E-state index contributed by atoms with van der Waals surface area (Å²) in [5.74, 6) is 0. The molecule has 0 N–H and O–H groups in total. The quantitative estimate of drug-likeness (QED) is 0.115. The minimum atomic E-state index is -2.50. The average Bonchev–Trinajstić information content (AvgIpc) is 0.725. The second-order valence-corrected chi connectivity index (χ2v) is 28.9. The van der Waals surface area contributed by atoms with Gasteiger partial charge in [-0.05, 0) is 285 Å². The maximum absolute atomic E-state index is 9.14. The molecule has 0 aliphatic rings. The largest absolute Gasteiger partial charge is 0.213 e. The van der Waals surface area contributed by atoms with Gasteiger partial charge in [0.2, 0.25) is 22.8 Å². The predicted octanol–water partition coefficient (Wildman–Crippen LogP) is 25.2. The first-order chi connectivity index (χ1) is 64.8. The van der Waals surface area contributed by atoms with Crippen LogP contribution in [0.15, 0.2) is 261 Å². The molecule has 109 heavy (non-hydrogen) atoms. The van der Waals surface area contributed by atoms with E-state index in [2.05, 4.69) is 0 Å². The van der Waals surface area contributed by atoms with Gasteiger partial charge < -0.3 is 0 Å². The highest BCUT2D eigenvalue weighted by Gasteiger charge is 2.26. The number of hydrogen-bond acceptors (Lipinski definition) is 0. The average molecular weight is 1460 g/mol. The van der Waals surface area contributed by atoms with E-state index >= 15 is 0 Å². The molecule has 0 saturated heterocycles. The molecule has 0 atom stereocenters. The first-order valence-electron chi connectivity index (χ1n) is 52.0. The van der Waals surface area contributed by atoms with E-state index in [1.807, 2.05) is 180 Å². The van der Waals surface area contributed by atoms with Gasteiger partial charge in [0.05, 0.1) is 0 Å². The Balaban J connectivity index is 0.000000181. The third kappa shape index (κ3) is 18.2. The maximum atomic E-state index is 9.14. The van der Waals surface area contributed by atoms with Crippen LogP contribution in [0.5, 0.6) is 0 Å². The predicted molar refractivity (Wildman–Crippen MR) is 464 cm³/mol. The van der Waals surface area contributed by atoms with E-state index in [0.29, 0.717) is 117 Å². The Morgan fingerprint density at radius 2 is 0.550 bits per heavy atom. The normalized spacial score (nSPS) is 16.7. The zero-order valence-electron chi connectivity index (χ0n) is 96.1. The van der Waals surface area contributed by atoms with Crippen LogP contribution in [0.4, 0.5) is 0 Å². The van der Waals surface area contributed by atoms with Crippen LogP contribution in [0.3, 0.4) is 0 Å². The smallest absolute Gasteiger partial charge is 0.201 e. The summed E-state index contributed by atoms with van der Waals surface area (Å²) in [5.41, 5.74) is 18.1. The van der Waals surface area contributed by atoms with Gasteiger partial charge in [0.15, 0.2) is 24.8 Å². The molecule has 0 aliphatic heterocycles. The first kappa shape index (κ1) is 46.9. The molecular weight excluding hydrogens is 1320 g/mol. The SMILES string of the molecule is [2H]C([2H])([2H])c1c[n+](C)c(-c2cc(-c3ccccc3C([2H])([2H])[2H])c(C([2H])([2H])[2H])cc2C)cc1C.[2H]C([2H])([2H])c1c[n+](C)c(-c2cc(-c3ccccc3C([2H])([2H])[2H])ccc2C)cc1C.[2H]C([2H])([2H])c1cc(C)c(-c2cc(-c3ccccc3C([2H])([2H])[2H])c(C([2H])([2H])C(C)(C)C)c[n+]2C)cc1-c1ccccc1.[2H]C([2H])([2H])c1cc(C)c(-c2cc(-c3ccccc3C([2H])([2H])[2H])c(C([2H])([2H])[2H])c[n+]2C)cc1-c1ccccc1. The number of pyridine rings is 4. The number of benzene rings is 10. The summed E-state index contributed by atoms with van der Waals surface area (Å²) < 4.78 is 265. The lowest BCUT2D eigenvalue weighted by Gasteiger charge is -2.21. The minimum absolute atomic E-state index is 0.0282. The van der Waals surface area contributed by atoms with Crippen molar-refractivity contribution in [2.45, 2.75) is 137 Å². The van der Waals surface area contributed by atoms with Crippen molar-refractivity contribution in [2.75, 3.05) is 0 Å². The number of rotatable bonds is 11. The second kappa shape index (κ2) is 33.9. The van der Waals surface area contributed by atoms with Gasteiger partial charge in [0.25, 0.3) is 0 Å². The highest BCUT2D eigenvalue weighted by atomic mass is 14.9. The van der Waals surface area contributed by atoms with Crippen LogP contribution in [0.25, 0.3) is 112 Å². The van der Waals surface area contributed by atoms with Crippen LogP contribution in [-0.2, 0) is 34.6 Å². The Kier molecular flexibility index (Phi) is 14.6. The molecule has 0 aliphatic carbocycles. The van der Waals surface area contributed by atoms with E-state index < -0.39 is 80.3 Å². The van der Waals surface area contributed by atoms with Gasteiger partial charge in [0, 0.05) is 113 Å². The van der Waals surface area contributed by atoms with E-state index in [9.17, 15) is 0 Å². The molecule has 0 spiro atoms. The summed E-state index contributed by atoms with van der Waals surface area (Å²) in [4.78, 5) is 0. The van der Waals surface area contributed by atoms with Crippen molar-refractivity contribution < 1.29 is 62.1 Å². The third-order valence-electron chi connectivity index (χ3n) is 19.5. The Hall–Kier alpha value is -11.2. The summed E-state index contributed by atoms with van der Waals surface area (Å²) in [5, 5.41) is 0. The molecule has 4 heteroatoms. The zero-order chi connectivity index (χ0) is 105. The molecule has 0 bridgehead atoms. The fourth-order valence-corrected chi connectivity index (χ4v) is 13.7. The Morgan fingerprint density at radius 1 is 0.229 bits per heavy atom. The van der Waals surface area contributed by atoms with Crippen LogP contribution in [0.1, 0.15) is 159 Å². The maximum Gasteiger partial charge on any atom is 0.213 e. The summed E-state index contributed by atoms with van der Waals surface area (Å²) in [7, 11) is 7.11. The van der Waals surface area contributed by atoms with Crippen molar-refractivity contribution in [3.8, 4) is 112 Å². The number of hydrogen-bond donors (Lipinski definition) is 0. The molecule has 4 nitrogen and oxygen atoms in total. The molecule has 10 aromatic carbocycles. The summed E-state index contributed by atoms with van der Waals surface area (Å²) in [6.45, 7) is -7.08. The van der Waals surface area contributed by atoms with Crippen LogP contribution >= 0.6 is 0 Å². The standard InChI is InChI=1S/C32H36N.C28H28N.C23H26N.C22H24N/c1-22-13-11-12-16-27(22)30-19-31(33(7)21-26(30)20-32(4,5)6)29-18-28(23(2)17-24(29)3)25-14-9-8-10-15-25;1-19-11-9-10-14-24(19)26-17-28(29(5)18-22(26)4)27-16-25(20(2)15-21(27)3)23-12-7-6-8-13-23;1-15-9-7-8-10-20(15)21-13-22(18(4)11-17(21)3)23-12-16(2)19(5)14-24(23)6;1-15-8-6-7-9-20(15)19-11-10-16(2)21(13-19)22-12-17(3)18(4)14-23(22)5/h8-19,21H,20H2,1-7H3;6-18H,1-5H3;7-14H,1-6H3;6-14H,1-5H3/q4*+1/i1D3,2D3,20D2;1D3,2D3,4D3;1D3,3D3,5D3;1D3,4D3. The molecule has 14 aromatic rings. The van der Waals surface area contributed by atoms with Crippen LogP contribution in [0.2, 0.25) is 0 Å². The second-order valence-electron chi connectivity index (χ2n) is 28.9. The lowest BCUT2D eigenvalue weighted by molar-refractivity contribution is -0.660.